The van der Waals surface area contributed by atoms with Crippen LogP contribution in [-0.4, -0.2) is 42.5 Å². The number of thioether (sulfide) groups is 1. The van der Waals surface area contributed by atoms with Crippen molar-refractivity contribution in [2.24, 2.45) is 0 Å². The van der Waals surface area contributed by atoms with Crippen LogP contribution in [0, 0.1) is 0 Å². The highest BCUT2D eigenvalue weighted by atomic mass is 32.2. The molecule has 0 aliphatic heterocycles. The largest absolute Gasteiger partial charge is 0.493 e. The topological polar surface area (TPSA) is 55.6 Å². The van der Waals surface area contributed by atoms with E-state index in [1.807, 2.05) is 19.2 Å². The minimum atomic E-state index is 0.113. The molecule has 4 nitrogen and oxygen atoms in total. The van der Waals surface area contributed by atoms with E-state index in [0.717, 1.165) is 12.2 Å². The van der Waals surface area contributed by atoms with Gasteiger partial charge in [0, 0.05) is 24.8 Å². The molecule has 1 atom stereocenters. The summed E-state index contributed by atoms with van der Waals surface area (Å²) < 4.78 is 5.54. The Morgan fingerprint density at radius 1 is 1.50 bits per heavy atom. The Morgan fingerprint density at radius 3 is 2.90 bits per heavy atom. The van der Waals surface area contributed by atoms with E-state index in [0.29, 0.717) is 24.5 Å². The standard InChI is InChI=1S/C15H24N2O2S/c1-12(8-10-20-3)17(2)15(18)7-9-19-14-6-4-5-13(16)11-14/h4-6,11-12H,7-10,16H2,1-3H3. The van der Waals surface area contributed by atoms with E-state index < -0.39 is 0 Å². The maximum atomic E-state index is 12.0. The first kappa shape index (κ1) is 16.7. The third-order valence-corrected chi connectivity index (χ3v) is 3.88. The molecule has 0 saturated heterocycles. The van der Waals surface area contributed by atoms with Crippen LogP contribution in [0.3, 0.4) is 0 Å². The number of carbonyl (C=O) groups is 1. The zero-order chi connectivity index (χ0) is 15.0. The molecule has 0 saturated carbocycles. The number of amides is 1. The van der Waals surface area contributed by atoms with Crippen molar-refractivity contribution in [3.63, 3.8) is 0 Å². The first-order valence-electron chi connectivity index (χ1n) is 6.77. The summed E-state index contributed by atoms with van der Waals surface area (Å²) in [5.41, 5.74) is 6.33. The van der Waals surface area contributed by atoms with Crippen molar-refractivity contribution in [1.29, 1.82) is 0 Å². The summed E-state index contributed by atoms with van der Waals surface area (Å²) in [6.07, 6.45) is 3.47. The molecule has 112 valence electrons. The zero-order valence-electron chi connectivity index (χ0n) is 12.5. The number of nitrogen functional groups attached to an aromatic ring is 1. The molecular formula is C15H24N2O2S. The minimum Gasteiger partial charge on any atom is -0.493 e. The molecule has 0 spiro atoms. The molecule has 0 radical (unpaired) electrons. The molecule has 0 aromatic heterocycles. The van der Waals surface area contributed by atoms with Gasteiger partial charge in [-0.3, -0.25) is 4.79 Å². The first-order chi connectivity index (χ1) is 9.54. The Bertz CT molecular complexity index is 426. The van der Waals surface area contributed by atoms with E-state index in [4.69, 9.17) is 10.5 Å². The van der Waals surface area contributed by atoms with E-state index >= 15 is 0 Å². The summed E-state index contributed by atoms with van der Waals surface area (Å²) in [4.78, 5) is 13.8. The predicted molar refractivity (Wildman–Crippen MR) is 86.2 cm³/mol. The van der Waals surface area contributed by atoms with Gasteiger partial charge in [-0.25, -0.2) is 0 Å². The van der Waals surface area contributed by atoms with Gasteiger partial charge >= 0.3 is 0 Å². The highest BCUT2D eigenvalue weighted by Gasteiger charge is 2.15. The molecule has 0 heterocycles. The van der Waals surface area contributed by atoms with Crippen LogP contribution in [-0.2, 0) is 4.79 Å². The number of benzene rings is 1. The Balaban J connectivity index is 2.32. The summed E-state index contributed by atoms with van der Waals surface area (Å²) in [5, 5.41) is 0. The third kappa shape index (κ3) is 5.74. The Labute approximate surface area is 125 Å². The molecule has 1 rings (SSSR count). The highest BCUT2D eigenvalue weighted by molar-refractivity contribution is 7.98. The van der Waals surface area contributed by atoms with Gasteiger partial charge in [-0.1, -0.05) is 6.07 Å². The van der Waals surface area contributed by atoms with Crippen molar-refractivity contribution >= 4 is 23.4 Å². The molecule has 1 amide bonds. The summed E-state index contributed by atoms with van der Waals surface area (Å²) in [5.74, 6) is 1.89. The van der Waals surface area contributed by atoms with Crippen molar-refractivity contribution < 1.29 is 9.53 Å². The highest BCUT2D eigenvalue weighted by Crippen LogP contribution is 2.15. The summed E-state index contributed by atoms with van der Waals surface area (Å²) in [6, 6.07) is 7.51. The fraction of sp³-hybridized carbons (Fsp3) is 0.533. The van der Waals surface area contributed by atoms with Gasteiger partial charge in [0.15, 0.2) is 0 Å². The maximum Gasteiger partial charge on any atom is 0.225 e. The van der Waals surface area contributed by atoms with Crippen LogP contribution in [0.1, 0.15) is 19.8 Å². The van der Waals surface area contributed by atoms with Crippen LogP contribution in [0.2, 0.25) is 0 Å². The van der Waals surface area contributed by atoms with Gasteiger partial charge < -0.3 is 15.4 Å². The molecule has 0 fully saturated rings. The van der Waals surface area contributed by atoms with Crippen molar-refractivity contribution in [1.82, 2.24) is 4.90 Å². The molecule has 20 heavy (non-hydrogen) atoms. The van der Waals surface area contributed by atoms with Crippen LogP contribution < -0.4 is 10.5 Å². The molecule has 0 aliphatic carbocycles. The van der Waals surface area contributed by atoms with Crippen LogP contribution in [0.15, 0.2) is 24.3 Å². The predicted octanol–water partition coefficient (Wildman–Crippen LogP) is 2.64. The van der Waals surface area contributed by atoms with Crippen LogP contribution >= 0.6 is 11.8 Å². The molecule has 0 aliphatic rings. The normalized spacial score (nSPS) is 11.9. The third-order valence-electron chi connectivity index (χ3n) is 3.24. The lowest BCUT2D eigenvalue weighted by Gasteiger charge is -2.24. The number of carbonyl (C=O) groups excluding carboxylic acids is 1. The number of nitrogens with zero attached hydrogens (tertiary/aromatic N) is 1. The van der Waals surface area contributed by atoms with Gasteiger partial charge in [-0.05, 0) is 37.5 Å². The van der Waals surface area contributed by atoms with Gasteiger partial charge in [0.2, 0.25) is 5.91 Å². The summed E-state index contributed by atoms with van der Waals surface area (Å²) >= 11 is 1.80. The monoisotopic (exact) mass is 296 g/mol. The molecule has 1 aromatic rings. The van der Waals surface area contributed by atoms with Crippen molar-refractivity contribution in [3.8, 4) is 5.75 Å². The van der Waals surface area contributed by atoms with E-state index in [-0.39, 0.29) is 11.9 Å². The van der Waals surface area contributed by atoms with Gasteiger partial charge in [-0.15, -0.1) is 0 Å². The van der Waals surface area contributed by atoms with Gasteiger partial charge in [0.1, 0.15) is 5.75 Å². The molecule has 2 N–H and O–H groups in total. The zero-order valence-corrected chi connectivity index (χ0v) is 13.3. The maximum absolute atomic E-state index is 12.0. The molecular weight excluding hydrogens is 272 g/mol. The van der Waals surface area contributed by atoms with Gasteiger partial charge in [0.25, 0.3) is 0 Å². The molecule has 5 heteroatoms. The van der Waals surface area contributed by atoms with Gasteiger partial charge in [0.05, 0.1) is 13.0 Å². The second-order valence-electron chi connectivity index (χ2n) is 4.81. The van der Waals surface area contributed by atoms with Crippen LogP contribution in [0.25, 0.3) is 0 Å². The Kier molecular flexibility index (Phi) is 7.30. The number of hydrogen-bond acceptors (Lipinski definition) is 4. The average Bonchev–Trinajstić information content (AvgIpc) is 2.43. The molecule has 0 bridgehead atoms. The fourth-order valence-electron chi connectivity index (χ4n) is 1.76. The Morgan fingerprint density at radius 2 is 2.25 bits per heavy atom. The number of nitrogens with two attached hydrogens (primary N) is 1. The smallest absolute Gasteiger partial charge is 0.225 e. The van der Waals surface area contributed by atoms with Crippen LogP contribution in [0.4, 0.5) is 5.69 Å². The van der Waals surface area contributed by atoms with Crippen molar-refractivity contribution in [2.45, 2.75) is 25.8 Å². The Hall–Kier alpha value is -1.36. The van der Waals surface area contributed by atoms with Crippen LogP contribution in [0.5, 0.6) is 5.75 Å². The van der Waals surface area contributed by atoms with E-state index in [1.165, 1.54) is 0 Å². The lowest BCUT2D eigenvalue weighted by Crippen LogP contribution is -2.36. The number of ether oxygens (including phenoxy) is 1. The molecule has 1 unspecified atom stereocenters. The average molecular weight is 296 g/mol. The number of hydrogen-bond donors (Lipinski definition) is 1. The lowest BCUT2D eigenvalue weighted by molar-refractivity contribution is -0.132. The second kappa shape index (κ2) is 8.74. The summed E-state index contributed by atoms with van der Waals surface area (Å²) in [7, 11) is 1.85. The number of rotatable bonds is 8. The van der Waals surface area contributed by atoms with E-state index in [2.05, 4.69) is 13.2 Å². The number of anilines is 1. The van der Waals surface area contributed by atoms with E-state index in [1.54, 1.807) is 28.8 Å². The SMILES string of the molecule is CSCCC(C)N(C)C(=O)CCOc1cccc(N)c1. The van der Waals surface area contributed by atoms with E-state index in [9.17, 15) is 4.79 Å². The lowest BCUT2D eigenvalue weighted by atomic mass is 10.2. The minimum absolute atomic E-state index is 0.113. The summed E-state index contributed by atoms with van der Waals surface area (Å²) in [6.45, 7) is 2.45. The second-order valence-corrected chi connectivity index (χ2v) is 5.79. The van der Waals surface area contributed by atoms with Crippen molar-refractivity contribution in [2.75, 3.05) is 31.4 Å². The fourth-order valence-corrected chi connectivity index (χ4v) is 2.34. The first-order valence-corrected chi connectivity index (χ1v) is 8.17. The molecule has 1 aromatic carbocycles. The van der Waals surface area contributed by atoms with Gasteiger partial charge in [-0.2, -0.15) is 11.8 Å². The van der Waals surface area contributed by atoms with Crippen molar-refractivity contribution in [3.05, 3.63) is 24.3 Å². The quantitative estimate of drug-likeness (QED) is 0.749.